The molecule has 0 fully saturated rings. The number of rotatable bonds is 4. The number of hydrogen-bond donors (Lipinski definition) is 0. The number of aryl methyl sites for hydroxylation is 1. The van der Waals surface area contributed by atoms with Gasteiger partial charge in [-0.1, -0.05) is 0 Å². The monoisotopic (exact) mass is 740 g/mol. The Labute approximate surface area is 313 Å². The summed E-state index contributed by atoms with van der Waals surface area (Å²) in [5, 5.41) is 12.8. The summed E-state index contributed by atoms with van der Waals surface area (Å²) in [5.41, 5.74) is 8.84. The molecule has 0 N–H and O–H groups in total. The van der Waals surface area contributed by atoms with Crippen LogP contribution in [-0.2, 0) is 0 Å². The summed E-state index contributed by atoms with van der Waals surface area (Å²) in [7, 11) is 0. The van der Waals surface area contributed by atoms with Crippen molar-refractivity contribution in [3.8, 4) is 44.7 Å². The summed E-state index contributed by atoms with van der Waals surface area (Å²) >= 11 is 0.208. The molecular formula is C51H32OSe. The predicted octanol–water partition coefficient (Wildman–Crippen LogP) is 14.2. The van der Waals surface area contributed by atoms with Gasteiger partial charge in [0, 0.05) is 0 Å². The fraction of sp³-hybridized carbons (Fsp3) is 0.0196. The first-order valence-corrected chi connectivity index (χ1v) is 19.9. The van der Waals surface area contributed by atoms with E-state index in [1.807, 2.05) is 6.92 Å². The van der Waals surface area contributed by atoms with E-state index in [4.69, 9.17) is 4.42 Å². The van der Waals surface area contributed by atoms with E-state index in [0.29, 0.717) is 0 Å². The fourth-order valence-corrected chi connectivity index (χ4v) is 11.1. The van der Waals surface area contributed by atoms with Gasteiger partial charge in [-0.25, -0.2) is 0 Å². The zero-order chi connectivity index (χ0) is 35.0. The standard InChI is InChI=1S/C51H32OSe/c1-31-23-27-45(52-31)51-42-21-11-9-19-40(42)49(41-20-10-12-22-43(41)51)33-25-28-46-44(29-33)35-26-24-34(30-47(35)53-46)50-38-17-7-5-15-36(38)48(32-13-3-2-4-14-32)37-16-6-8-18-39(37)50/h2-30H,1H3. The Bertz CT molecular complexity index is 3120. The molecule has 0 spiro atoms. The van der Waals surface area contributed by atoms with Gasteiger partial charge in [0.1, 0.15) is 0 Å². The summed E-state index contributed by atoms with van der Waals surface area (Å²) in [5.74, 6) is 1.84. The molecule has 1 nitrogen and oxygen atoms in total. The second kappa shape index (κ2) is 11.9. The van der Waals surface area contributed by atoms with Gasteiger partial charge in [-0.3, -0.25) is 0 Å². The van der Waals surface area contributed by atoms with Crippen LogP contribution in [0.1, 0.15) is 5.76 Å². The first-order chi connectivity index (χ1) is 26.2. The van der Waals surface area contributed by atoms with Gasteiger partial charge < -0.3 is 0 Å². The maximum atomic E-state index is 6.25. The van der Waals surface area contributed by atoms with Gasteiger partial charge in [0.05, 0.1) is 0 Å². The van der Waals surface area contributed by atoms with Crippen molar-refractivity contribution in [2.24, 2.45) is 0 Å². The van der Waals surface area contributed by atoms with Gasteiger partial charge in [-0.2, -0.15) is 0 Å². The van der Waals surface area contributed by atoms with E-state index in [-0.39, 0.29) is 14.5 Å². The Morgan fingerprint density at radius 3 is 1.28 bits per heavy atom. The van der Waals surface area contributed by atoms with Gasteiger partial charge in [0.15, 0.2) is 0 Å². The summed E-state index contributed by atoms with van der Waals surface area (Å²) in [6.07, 6.45) is 0. The molecule has 0 amide bonds. The molecule has 248 valence electrons. The van der Waals surface area contributed by atoms with Crippen molar-refractivity contribution in [1.29, 1.82) is 0 Å². The molecule has 2 aromatic heterocycles. The van der Waals surface area contributed by atoms with Crippen LogP contribution in [-0.4, -0.2) is 14.5 Å². The van der Waals surface area contributed by atoms with Crippen molar-refractivity contribution < 1.29 is 4.42 Å². The Morgan fingerprint density at radius 2 is 0.774 bits per heavy atom. The molecule has 2 heteroatoms. The van der Waals surface area contributed by atoms with Crippen molar-refractivity contribution in [2.75, 3.05) is 0 Å². The van der Waals surface area contributed by atoms with Crippen LogP contribution in [0.25, 0.3) is 107 Å². The van der Waals surface area contributed by atoms with Crippen LogP contribution in [0.15, 0.2) is 180 Å². The van der Waals surface area contributed by atoms with Gasteiger partial charge in [0.25, 0.3) is 0 Å². The van der Waals surface area contributed by atoms with E-state index < -0.39 is 0 Å². The minimum absolute atomic E-state index is 0.208. The molecule has 0 saturated carbocycles. The van der Waals surface area contributed by atoms with E-state index in [9.17, 15) is 0 Å². The van der Waals surface area contributed by atoms with E-state index in [2.05, 4.69) is 176 Å². The van der Waals surface area contributed by atoms with Crippen LogP contribution < -0.4 is 0 Å². The molecule has 11 aromatic rings. The molecule has 11 rings (SSSR count). The molecule has 0 aliphatic rings. The van der Waals surface area contributed by atoms with Crippen molar-refractivity contribution in [3.63, 3.8) is 0 Å². The Hall–Kier alpha value is -6.18. The van der Waals surface area contributed by atoms with Crippen LogP contribution in [0.2, 0.25) is 0 Å². The molecule has 0 aliphatic carbocycles. The molecule has 2 heterocycles. The first kappa shape index (κ1) is 30.4. The zero-order valence-corrected chi connectivity index (χ0v) is 30.8. The number of benzene rings is 9. The van der Waals surface area contributed by atoms with Crippen molar-refractivity contribution in [3.05, 3.63) is 182 Å². The van der Waals surface area contributed by atoms with Gasteiger partial charge >= 0.3 is 315 Å². The average molecular weight is 740 g/mol. The summed E-state index contributed by atoms with van der Waals surface area (Å²) in [4.78, 5) is 0. The van der Waals surface area contributed by atoms with E-state index >= 15 is 0 Å². The molecular weight excluding hydrogens is 708 g/mol. The van der Waals surface area contributed by atoms with Crippen LogP contribution in [0.3, 0.4) is 0 Å². The molecule has 53 heavy (non-hydrogen) atoms. The van der Waals surface area contributed by atoms with Crippen molar-refractivity contribution >= 4 is 76.9 Å². The van der Waals surface area contributed by atoms with Gasteiger partial charge in [-0.05, 0) is 0 Å². The normalized spacial score (nSPS) is 11.9. The summed E-state index contributed by atoms with van der Waals surface area (Å²) < 4.78 is 9.14. The van der Waals surface area contributed by atoms with Crippen LogP contribution in [0, 0.1) is 6.92 Å². The summed E-state index contributed by atoms with van der Waals surface area (Å²) in [6.45, 7) is 2.01. The zero-order valence-electron chi connectivity index (χ0n) is 29.1. The number of furan rings is 1. The molecule has 9 aromatic carbocycles. The average Bonchev–Trinajstić information content (AvgIpc) is 3.81. The van der Waals surface area contributed by atoms with E-state index in [0.717, 1.165) is 17.1 Å². The fourth-order valence-electron chi connectivity index (χ4n) is 8.72. The molecule has 0 radical (unpaired) electrons. The second-order valence-electron chi connectivity index (χ2n) is 14.0. The SMILES string of the molecule is Cc1ccc(-c2c3ccccc3c(-c3ccc4[se]c5cc(-c6c7ccccc7c(-c7ccccc7)c7ccccc67)ccc5c4c3)c3ccccc23)o1. The molecule has 0 atom stereocenters. The number of fused-ring (bicyclic) bond motifs is 7. The molecule has 0 unspecified atom stereocenters. The van der Waals surface area contributed by atoms with Crippen LogP contribution in [0.5, 0.6) is 0 Å². The van der Waals surface area contributed by atoms with Crippen molar-refractivity contribution in [2.45, 2.75) is 6.92 Å². The Balaban J connectivity index is 1.13. The van der Waals surface area contributed by atoms with Crippen LogP contribution >= 0.6 is 0 Å². The Kier molecular flexibility index (Phi) is 6.86. The van der Waals surface area contributed by atoms with Crippen molar-refractivity contribution in [1.82, 2.24) is 0 Å². The number of hydrogen-bond acceptors (Lipinski definition) is 1. The van der Waals surface area contributed by atoms with Gasteiger partial charge in [0.2, 0.25) is 0 Å². The van der Waals surface area contributed by atoms with Crippen LogP contribution in [0.4, 0.5) is 0 Å². The molecule has 0 saturated heterocycles. The quantitative estimate of drug-likeness (QED) is 0.129. The third kappa shape index (κ3) is 4.70. The van der Waals surface area contributed by atoms with Gasteiger partial charge in [-0.15, -0.1) is 0 Å². The second-order valence-corrected chi connectivity index (χ2v) is 16.3. The summed E-state index contributed by atoms with van der Waals surface area (Å²) in [6, 6.07) is 64.9. The Morgan fingerprint density at radius 1 is 0.321 bits per heavy atom. The first-order valence-electron chi connectivity index (χ1n) is 18.2. The third-order valence-electron chi connectivity index (χ3n) is 11.0. The molecule has 0 bridgehead atoms. The maximum absolute atomic E-state index is 6.25. The third-order valence-corrected chi connectivity index (χ3v) is 13.3. The van der Waals surface area contributed by atoms with E-state index in [1.54, 1.807) is 0 Å². The van der Waals surface area contributed by atoms with E-state index in [1.165, 1.54) is 95.8 Å². The minimum atomic E-state index is 0.208. The topological polar surface area (TPSA) is 13.1 Å². The molecule has 0 aliphatic heterocycles. The predicted molar refractivity (Wildman–Crippen MR) is 227 cm³/mol.